The normalized spacial score (nSPS) is 18.3. The van der Waals surface area contributed by atoms with Crippen molar-refractivity contribution in [3.8, 4) is 0 Å². The van der Waals surface area contributed by atoms with Gasteiger partial charge in [0.25, 0.3) is 0 Å². The summed E-state index contributed by atoms with van der Waals surface area (Å²) in [7, 11) is 1.46. The number of carbonyl (C=O) groups excluding carboxylic acids is 2. The third kappa shape index (κ3) is 4.67. The van der Waals surface area contributed by atoms with Crippen LogP contribution in [0, 0.1) is 0 Å². The van der Waals surface area contributed by atoms with Crippen LogP contribution in [-0.4, -0.2) is 59.0 Å². The van der Waals surface area contributed by atoms with Crippen LogP contribution < -0.4 is 0 Å². The second kappa shape index (κ2) is 6.97. The first-order valence-electron chi connectivity index (χ1n) is 7.28. The van der Waals surface area contributed by atoms with Gasteiger partial charge in [-0.05, 0) is 24.5 Å². The number of amides is 2. The van der Waals surface area contributed by atoms with Crippen LogP contribution in [0.2, 0.25) is 0 Å². The van der Waals surface area contributed by atoms with Crippen molar-refractivity contribution >= 4 is 11.8 Å². The van der Waals surface area contributed by atoms with Crippen molar-refractivity contribution in [1.29, 1.82) is 0 Å². The molecule has 0 N–H and O–H groups in total. The van der Waals surface area contributed by atoms with Crippen LogP contribution in [0.5, 0.6) is 0 Å². The van der Waals surface area contributed by atoms with Crippen molar-refractivity contribution in [1.82, 2.24) is 14.8 Å². The summed E-state index contributed by atoms with van der Waals surface area (Å²) < 4.78 is 37.2. The molecule has 1 aromatic heterocycles. The Kier molecular flexibility index (Phi) is 5.23. The highest BCUT2D eigenvalue weighted by atomic mass is 19.4. The van der Waals surface area contributed by atoms with Crippen molar-refractivity contribution in [2.24, 2.45) is 0 Å². The quantitative estimate of drug-likeness (QED) is 0.825. The summed E-state index contributed by atoms with van der Waals surface area (Å²) in [5, 5.41) is 0. The van der Waals surface area contributed by atoms with Crippen molar-refractivity contribution in [2.75, 3.05) is 20.1 Å². The zero-order valence-electron chi connectivity index (χ0n) is 12.7. The molecule has 0 aliphatic carbocycles. The summed E-state index contributed by atoms with van der Waals surface area (Å²) in [4.78, 5) is 30.1. The van der Waals surface area contributed by atoms with Gasteiger partial charge in [-0.25, -0.2) is 0 Å². The van der Waals surface area contributed by atoms with Gasteiger partial charge in [-0.2, -0.15) is 13.2 Å². The first kappa shape index (κ1) is 17.2. The number of rotatable bonds is 5. The zero-order chi connectivity index (χ0) is 17.0. The fourth-order valence-electron chi connectivity index (χ4n) is 2.60. The lowest BCUT2D eigenvalue weighted by molar-refractivity contribution is -0.159. The van der Waals surface area contributed by atoms with E-state index in [-0.39, 0.29) is 25.3 Å². The molecule has 8 heteroatoms. The van der Waals surface area contributed by atoms with E-state index in [0.29, 0.717) is 6.42 Å². The molecule has 2 heterocycles. The van der Waals surface area contributed by atoms with Crippen LogP contribution >= 0.6 is 0 Å². The smallest absolute Gasteiger partial charge is 0.334 e. The SMILES string of the molecule is CN(C(=O)CCc1cccnc1)[C@H]1CCN(CC(F)(F)F)C1=O. The number of nitrogens with zero attached hydrogens (tertiary/aromatic N) is 3. The van der Waals surface area contributed by atoms with Gasteiger partial charge >= 0.3 is 6.18 Å². The van der Waals surface area contributed by atoms with Gasteiger partial charge in [-0.15, -0.1) is 0 Å². The lowest BCUT2D eigenvalue weighted by Gasteiger charge is -2.24. The molecule has 1 aromatic rings. The van der Waals surface area contributed by atoms with Crippen LogP contribution in [0.3, 0.4) is 0 Å². The Hall–Kier alpha value is -2.12. The Labute approximate surface area is 132 Å². The Bertz CT molecular complexity index is 563. The van der Waals surface area contributed by atoms with E-state index in [1.165, 1.54) is 11.9 Å². The molecule has 2 amide bonds. The molecule has 126 valence electrons. The van der Waals surface area contributed by atoms with Gasteiger partial charge < -0.3 is 9.80 Å². The van der Waals surface area contributed by atoms with E-state index in [2.05, 4.69) is 4.98 Å². The summed E-state index contributed by atoms with van der Waals surface area (Å²) in [5.41, 5.74) is 0.894. The van der Waals surface area contributed by atoms with Gasteiger partial charge in [-0.1, -0.05) is 6.07 Å². The summed E-state index contributed by atoms with van der Waals surface area (Å²) >= 11 is 0. The average Bonchev–Trinajstić information content (AvgIpc) is 2.84. The number of likely N-dealkylation sites (tertiary alicyclic amines) is 1. The molecule has 0 unspecified atom stereocenters. The number of halogens is 3. The Balaban J connectivity index is 1.88. The monoisotopic (exact) mass is 329 g/mol. The standard InChI is InChI=1S/C15H18F3N3O2/c1-20(13(22)5-4-11-3-2-7-19-9-11)12-6-8-21(14(12)23)10-15(16,17)18/h2-3,7,9,12H,4-6,8,10H2,1H3/t12-/m0/s1. The molecule has 0 aromatic carbocycles. The van der Waals surface area contributed by atoms with Crippen molar-refractivity contribution in [2.45, 2.75) is 31.5 Å². The van der Waals surface area contributed by atoms with Crippen LogP contribution in [0.15, 0.2) is 24.5 Å². The van der Waals surface area contributed by atoms with Crippen molar-refractivity contribution in [3.05, 3.63) is 30.1 Å². The van der Waals surface area contributed by atoms with E-state index in [1.54, 1.807) is 18.5 Å². The van der Waals surface area contributed by atoms with Gasteiger partial charge in [0.1, 0.15) is 12.6 Å². The number of likely N-dealkylation sites (N-methyl/N-ethyl adjacent to an activating group) is 1. The molecule has 1 saturated heterocycles. The number of aromatic nitrogens is 1. The molecule has 1 aliphatic rings. The van der Waals surface area contributed by atoms with E-state index in [1.807, 2.05) is 6.07 Å². The minimum Gasteiger partial charge on any atom is -0.334 e. The fraction of sp³-hybridized carbons (Fsp3) is 0.533. The Morgan fingerprint density at radius 3 is 2.83 bits per heavy atom. The number of hydrogen-bond donors (Lipinski definition) is 0. The maximum Gasteiger partial charge on any atom is 0.406 e. The van der Waals surface area contributed by atoms with E-state index in [9.17, 15) is 22.8 Å². The lowest BCUT2D eigenvalue weighted by Crippen LogP contribution is -2.44. The molecule has 0 saturated carbocycles. The number of alkyl halides is 3. The number of aryl methyl sites for hydroxylation is 1. The number of carbonyl (C=O) groups is 2. The zero-order valence-corrected chi connectivity index (χ0v) is 12.7. The predicted molar refractivity (Wildman–Crippen MR) is 76.4 cm³/mol. The molecule has 23 heavy (non-hydrogen) atoms. The second-order valence-electron chi connectivity index (χ2n) is 5.55. The number of hydrogen-bond acceptors (Lipinski definition) is 3. The van der Waals surface area contributed by atoms with Gasteiger partial charge in [0.2, 0.25) is 11.8 Å². The molecule has 5 nitrogen and oxygen atoms in total. The van der Waals surface area contributed by atoms with Gasteiger partial charge in [0.15, 0.2) is 0 Å². The maximum atomic E-state index is 12.4. The fourth-order valence-corrected chi connectivity index (χ4v) is 2.60. The third-order valence-corrected chi connectivity index (χ3v) is 3.85. The first-order chi connectivity index (χ1) is 10.8. The van der Waals surface area contributed by atoms with E-state index < -0.39 is 24.7 Å². The van der Waals surface area contributed by atoms with Crippen LogP contribution in [0.25, 0.3) is 0 Å². The highest BCUT2D eigenvalue weighted by Crippen LogP contribution is 2.23. The van der Waals surface area contributed by atoms with Gasteiger partial charge in [-0.3, -0.25) is 14.6 Å². The lowest BCUT2D eigenvalue weighted by atomic mass is 10.1. The van der Waals surface area contributed by atoms with Crippen LogP contribution in [0.1, 0.15) is 18.4 Å². The molecule has 2 rings (SSSR count). The minimum absolute atomic E-state index is 0.0171. The molecule has 0 radical (unpaired) electrons. The van der Waals surface area contributed by atoms with E-state index in [0.717, 1.165) is 10.5 Å². The van der Waals surface area contributed by atoms with E-state index >= 15 is 0 Å². The summed E-state index contributed by atoms with van der Waals surface area (Å²) in [6.07, 6.45) is -0.254. The largest absolute Gasteiger partial charge is 0.406 e. The molecular formula is C15H18F3N3O2. The molecule has 0 bridgehead atoms. The topological polar surface area (TPSA) is 53.5 Å². The number of pyridine rings is 1. The average molecular weight is 329 g/mol. The second-order valence-corrected chi connectivity index (χ2v) is 5.55. The van der Waals surface area contributed by atoms with Crippen molar-refractivity contribution in [3.63, 3.8) is 0 Å². The highest BCUT2D eigenvalue weighted by molar-refractivity contribution is 5.89. The third-order valence-electron chi connectivity index (χ3n) is 3.85. The van der Waals surface area contributed by atoms with Crippen molar-refractivity contribution < 1.29 is 22.8 Å². The molecule has 1 aliphatic heterocycles. The molecule has 0 spiro atoms. The first-order valence-corrected chi connectivity index (χ1v) is 7.28. The summed E-state index contributed by atoms with van der Waals surface area (Å²) in [6, 6.07) is 2.80. The molecule has 1 atom stereocenters. The molecule has 1 fully saturated rings. The maximum absolute atomic E-state index is 12.4. The van der Waals surface area contributed by atoms with E-state index in [4.69, 9.17) is 0 Å². The summed E-state index contributed by atoms with van der Waals surface area (Å²) in [5.74, 6) is -0.902. The highest BCUT2D eigenvalue weighted by Gasteiger charge is 2.41. The minimum atomic E-state index is -4.42. The summed E-state index contributed by atoms with van der Waals surface area (Å²) in [6.45, 7) is -1.25. The Morgan fingerprint density at radius 2 is 2.22 bits per heavy atom. The van der Waals surface area contributed by atoms with Gasteiger partial charge in [0.05, 0.1) is 0 Å². The Morgan fingerprint density at radius 1 is 1.48 bits per heavy atom. The predicted octanol–water partition coefficient (Wildman–Crippen LogP) is 1.64. The van der Waals surface area contributed by atoms with Crippen LogP contribution in [0.4, 0.5) is 13.2 Å². The van der Waals surface area contributed by atoms with Crippen LogP contribution in [-0.2, 0) is 16.0 Å². The van der Waals surface area contributed by atoms with Gasteiger partial charge in [0, 0.05) is 32.4 Å². The molecular weight excluding hydrogens is 311 g/mol.